The van der Waals surface area contributed by atoms with Crippen LogP contribution in [0, 0.1) is 11.3 Å². The summed E-state index contributed by atoms with van der Waals surface area (Å²) in [6, 6.07) is 32.7. The zero-order valence-corrected chi connectivity index (χ0v) is 20.9. The van der Waals surface area contributed by atoms with Crippen molar-refractivity contribution in [2.75, 3.05) is 14.2 Å². The number of aldehydes is 1. The summed E-state index contributed by atoms with van der Waals surface area (Å²) in [6.07, 6.45) is 1.07. The van der Waals surface area contributed by atoms with E-state index in [0.29, 0.717) is 48.2 Å². The lowest BCUT2D eigenvalue weighted by Crippen LogP contribution is -1.99. The first-order valence-corrected chi connectivity index (χ1v) is 11.7. The monoisotopic (exact) mass is 495 g/mol. The zero-order chi connectivity index (χ0) is 26.3. The van der Waals surface area contributed by atoms with E-state index >= 15 is 0 Å². The van der Waals surface area contributed by atoms with Gasteiger partial charge in [-0.05, 0) is 29.3 Å². The second-order valence-electron chi connectivity index (χ2n) is 7.83. The first-order valence-electron chi connectivity index (χ1n) is 11.7. The molecule has 0 atom stereocenters. The predicted molar refractivity (Wildman–Crippen MR) is 142 cm³/mol. The third-order valence-electron chi connectivity index (χ3n) is 5.35. The van der Waals surface area contributed by atoms with Gasteiger partial charge >= 0.3 is 0 Å². The van der Waals surface area contributed by atoms with Gasteiger partial charge in [0.1, 0.15) is 13.2 Å². The SMILES string of the molecule is COc1c(C=O)cccc1OCc1ccccc1.COc1c(CC#N)cccc1OCc1ccccc1. The van der Waals surface area contributed by atoms with E-state index in [1.165, 1.54) is 7.11 Å². The number of ether oxygens (including phenoxy) is 4. The maximum Gasteiger partial charge on any atom is 0.171 e. The van der Waals surface area contributed by atoms with E-state index in [9.17, 15) is 4.79 Å². The Bertz CT molecular complexity index is 1300. The molecule has 0 radical (unpaired) electrons. The summed E-state index contributed by atoms with van der Waals surface area (Å²) >= 11 is 0. The Morgan fingerprint density at radius 3 is 1.68 bits per heavy atom. The molecule has 188 valence electrons. The Hall–Kier alpha value is -4.76. The van der Waals surface area contributed by atoms with Crippen molar-refractivity contribution >= 4 is 6.29 Å². The summed E-state index contributed by atoms with van der Waals surface area (Å²) in [7, 11) is 3.11. The van der Waals surface area contributed by atoms with Crippen molar-refractivity contribution in [3.05, 3.63) is 119 Å². The van der Waals surface area contributed by atoms with Crippen molar-refractivity contribution in [1.82, 2.24) is 0 Å². The summed E-state index contributed by atoms with van der Waals surface area (Å²) in [5, 5.41) is 8.79. The molecule has 0 saturated heterocycles. The fourth-order valence-electron chi connectivity index (χ4n) is 3.56. The maximum atomic E-state index is 10.9. The molecule has 0 aliphatic heterocycles. The average molecular weight is 496 g/mol. The van der Waals surface area contributed by atoms with Crippen LogP contribution in [-0.4, -0.2) is 20.5 Å². The van der Waals surface area contributed by atoms with Crippen LogP contribution < -0.4 is 18.9 Å². The van der Waals surface area contributed by atoms with Gasteiger partial charge in [-0.25, -0.2) is 0 Å². The zero-order valence-electron chi connectivity index (χ0n) is 20.9. The number of nitriles is 1. The van der Waals surface area contributed by atoms with Crippen LogP contribution in [0.1, 0.15) is 27.0 Å². The van der Waals surface area contributed by atoms with Crippen LogP contribution in [0.2, 0.25) is 0 Å². The first kappa shape index (κ1) is 26.8. The summed E-state index contributed by atoms with van der Waals surface area (Å²) < 4.78 is 22.0. The molecule has 4 rings (SSSR count). The second kappa shape index (κ2) is 14.6. The molecule has 6 heteroatoms. The lowest BCUT2D eigenvalue weighted by atomic mass is 10.1. The molecular weight excluding hydrogens is 466 g/mol. The van der Waals surface area contributed by atoms with Gasteiger partial charge in [-0.3, -0.25) is 4.79 Å². The summed E-state index contributed by atoms with van der Waals surface area (Å²) in [5.41, 5.74) is 3.49. The van der Waals surface area contributed by atoms with Crippen molar-refractivity contribution in [2.45, 2.75) is 19.6 Å². The van der Waals surface area contributed by atoms with Gasteiger partial charge in [0, 0.05) is 5.56 Å². The molecule has 0 N–H and O–H groups in total. The van der Waals surface area contributed by atoms with E-state index in [2.05, 4.69) is 6.07 Å². The number of benzene rings is 4. The molecule has 0 bridgehead atoms. The molecule has 4 aromatic carbocycles. The highest BCUT2D eigenvalue weighted by Crippen LogP contribution is 2.32. The van der Waals surface area contributed by atoms with Gasteiger partial charge in [0.15, 0.2) is 29.3 Å². The van der Waals surface area contributed by atoms with E-state index in [1.54, 1.807) is 25.3 Å². The molecule has 0 aliphatic carbocycles. The maximum absolute atomic E-state index is 10.9. The number of carbonyl (C=O) groups is 1. The third-order valence-corrected chi connectivity index (χ3v) is 5.35. The summed E-state index contributed by atoms with van der Waals surface area (Å²) in [5.74, 6) is 2.36. The topological polar surface area (TPSA) is 77.8 Å². The van der Waals surface area contributed by atoms with Crippen molar-refractivity contribution < 1.29 is 23.7 Å². The minimum Gasteiger partial charge on any atom is -0.493 e. The Kier molecular flexibility index (Phi) is 10.6. The normalized spacial score (nSPS) is 9.76. The summed E-state index contributed by atoms with van der Waals surface area (Å²) in [6.45, 7) is 0.923. The van der Waals surface area contributed by atoms with E-state index in [-0.39, 0.29) is 0 Å². The lowest BCUT2D eigenvalue weighted by Gasteiger charge is -2.13. The van der Waals surface area contributed by atoms with Gasteiger partial charge in [-0.1, -0.05) is 78.9 Å². The molecule has 6 nitrogen and oxygen atoms in total. The molecule has 4 aromatic rings. The smallest absolute Gasteiger partial charge is 0.171 e. The van der Waals surface area contributed by atoms with Gasteiger partial charge in [0.25, 0.3) is 0 Å². The Morgan fingerprint density at radius 2 is 1.19 bits per heavy atom. The van der Waals surface area contributed by atoms with E-state index in [1.807, 2.05) is 78.9 Å². The molecule has 0 aliphatic rings. The average Bonchev–Trinajstić information content (AvgIpc) is 2.96. The highest BCUT2D eigenvalue weighted by molar-refractivity contribution is 5.81. The van der Waals surface area contributed by atoms with Gasteiger partial charge in [-0.15, -0.1) is 0 Å². The minimum atomic E-state index is 0.311. The lowest BCUT2D eigenvalue weighted by molar-refractivity contribution is 0.111. The van der Waals surface area contributed by atoms with Crippen LogP contribution in [0.15, 0.2) is 97.1 Å². The van der Waals surface area contributed by atoms with E-state index < -0.39 is 0 Å². The van der Waals surface area contributed by atoms with E-state index in [4.69, 9.17) is 24.2 Å². The number of nitrogens with zero attached hydrogens (tertiary/aromatic N) is 1. The number of hydrogen-bond acceptors (Lipinski definition) is 6. The van der Waals surface area contributed by atoms with Crippen molar-refractivity contribution in [2.24, 2.45) is 0 Å². The van der Waals surface area contributed by atoms with E-state index in [0.717, 1.165) is 23.0 Å². The fraction of sp³-hybridized carbons (Fsp3) is 0.161. The minimum absolute atomic E-state index is 0.311. The van der Waals surface area contributed by atoms with Crippen LogP contribution in [0.3, 0.4) is 0 Å². The van der Waals surface area contributed by atoms with Crippen LogP contribution >= 0.6 is 0 Å². The molecule has 0 unspecified atom stereocenters. The molecule has 0 fully saturated rings. The molecule has 0 aromatic heterocycles. The number of carbonyl (C=O) groups excluding carboxylic acids is 1. The van der Waals surface area contributed by atoms with Crippen LogP contribution in [0.4, 0.5) is 0 Å². The van der Waals surface area contributed by atoms with Crippen molar-refractivity contribution in [1.29, 1.82) is 5.26 Å². The number of para-hydroxylation sites is 2. The Labute approximate surface area is 217 Å². The largest absolute Gasteiger partial charge is 0.493 e. The Morgan fingerprint density at radius 1 is 0.676 bits per heavy atom. The third kappa shape index (κ3) is 7.87. The van der Waals surface area contributed by atoms with Gasteiger partial charge in [0.2, 0.25) is 0 Å². The van der Waals surface area contributed by atoms with Gasteiger partial charge < -0.3 is 18.9 Å². The highest BCUT2D eigenvalue weighted by atomic mass is 16.5. The molecule has 37 heavy (non-hydrogen) atoms. The number of rotatable bonds is 10. The molecular formula is C31H29NO5. The van der Waals surface area contributed by atoms with Gasteiger partial charge in [0.05, 0.1) is 32.3 Å². The highest BCUT2D eigenvalue weighted by Gasteiger charge is 2.10. The van der Waals surface area contributed by atoms with Crippen LogP contribution in [-0.2, 0) is 19.6 Å². The summed E-state index contributed by atoms with van der Waals surface area (Å²) in [4.78, 5) is 10.9. The number of hydrogen-bond donors (Lipinski definition) is 0. The molecule has 0 spiro atoms. The van der Waals surface area contributed by atoms with Crippen molar-refractivity contribution in [3.8, 4) is 29.1 Å². The van der Waals surface area contributed by atoms with Gasteiger partial charge in [-0.2, -0.15) is 5.26 Å². The predicted octanol–water partition coefficient (Wildman–Crippen LogP) is 6.43. The quantitative estimate of drug-likeness (QED) is 0.236. The molecule has 0 heterocycles. The first-order chi connectivity index (χ1) is 18.2. The standard InChI is InChI=1S/C16H15NO2.C15H14O3/c1-18-16-14(10-11-17)8-5-9-15(16)19-12-13-6-3-2-4-7-13;1-17-15-13(10-16)8-5-9-14(15)18-11-12-6-3-2-4-7-12/h2-9H,10,12H2,1H3;2-10H,11H2,1H3. The Balaban J connectivity index is 0.000000206. The second-order valence-corrected chi connectivity index (χ2v) is 7.83. The van der Waals surface area contributed by atoms with Crippen molar-refractivity contribution in [3.63, 3.8) is 0 Å². The van der Waals surface area contributed by atoms with Crippen LogP contribution in [0.5, 0.6) is 23.0 Å². The number of methoxy groups -OCH3 is 2. The molecule has 0 amide bonds. The fourth-order valence-corrected chi connectivity index (χ4v) is 3.56. The molecule has 0 saturated carbocycles. The van der Waals surface area contributed by atoms with Crippen LogP contribution in [0.25, 0.3) is 0 Å².